The molecule has 2 aliphatic heterocycles. The number of ether oxygens (including phenoxy) is 1. The van der Waals surface area contributed by atoms with Crippen LogP contribution in [0, 0.1) is 5.41 Å². The Kier molecular flexibility index (Phi) is 5.43. The van der Waals surface area contributed by atoms with Gasteiger partial charge in [0.1, 0.15) is 11.4 Å². The maximum Gasteiger partial charge on any atom is 0.141 e. The van der Waals surface area contributed by atoms with E-state index in [4.69, 9.17) is 4.74 Å². The van der Waals surface area contributed by atoms with Gasteiger partial charge in [0.2, 0.25) is 0 Å². The van der Waals surface area contributed by atoms with Gasteiger partial charge in [0, 0.05) is 30.9 Å². The minimum Gasteiger partial charge on any atom is -0.492 e. The largest absolute Gasteiger partial charge is 0.492 e. The van der Waals surface area contributed by atoms with E-state index in [0.29, 0.717) is 5.92 Å². The highest BCUT2D eigenvalue weighted by Crippen LogP contribution is 2.38. The molecule has 0 amide bonds. The summed E-state index contributed by atoms with van der Waals surface area (Å²) in [5, 5.41) is 4.65. The number of rotatable bonds is 5. The van der Waals surface area contributed by atoms with Crippen molar-refractivity contribution in [2.75, 3.05) is 39.0 Å². The van der Waals surface area contributed by atoms with E-state index in [1.165, 1.54) is 36.6 Å². The number of piperidine rings is 2. The summed E-state index contributed by atoms with van der Waals surface area (Å²) < 4.78 is 8.85. The monoisotopic (exact) mass is 374 g/mol. The Morgan fingerprint density at radius 1 is 1.31 bits per heavy atom. The number of nitrogens with zero attached hydrogens (tertiary/aromatic N) is 2. The molecular formula is C20H30N4OS. The molecule has 0 unspecified atom stereocenters. The summed E-state index contributed by atoms with van der Waals surface area (Å²) in [6.07, 6.45) is 10.9. The zero-order valence-electron chi connectivity index (χ0n) is 15.9. The molecule has 2 aromatic rings. The van der Waals surface area contributed by atoms with Crippen LogP contribution in [0.1, 0.15) is 44.1 Å². The quantitative estimate of drug-likeness (QED) is 0.780. The van der Waals surface area contributed by atoms with Crippen molar-refractivity contribution in [1.82, 2.24) is 19.6 Å². The average Bonchev–Trinajstić information content (AvgIpc) is 3.12. The third-order valence-electron chi connectivity index (χ3n) is 6.10. The van der Waals surface area contributed by atoms with Gasteiger partial charge in [0.15, 0.2) is 0 Å². The molecule has 0 radical (unpaired) electrons. The summed E-state index contributed by atoms with van der Waals surface area (Å²) in [5.74, 6) is 1.59. The highest BCUT2D eigenvalue weighted by molar-refractivity contribution is 7.96. The second-order valence-electron chi connectivity index (χ2n) is 8.01. The van der Waals surface area contributed by atoms with Gasteiger partial charge < -0.3 is 15.0 Å². The summed E-state index contributed by atoms with van der Waals surface area (Å²) in [6, 6.07) is 2.04. The van der Waals surface area contributed by atoms with E-state index in [-0.39, 0.29) is 5.41 Å². The lowest BCUT2D eigenvalue weighted by Crippen LogP contribution is -2.38. The van der Waals surface area contributed by atoms with Crippen molar-refractivity contribution in [1.29, 1.82) is 0 Å². The molecule has 142 valence electrons. The Hall–Kier alpha value is -1.24. The second-order valence-corrected chi connectivity index (χ2v) is 8.89. The molecule has 2 saturated heterocycles. The van der Waals surface area contributed by atoms with Crippen LogP contribution in [0.3, 0.4) is 0 Å². The standard InChI is InChI=1S/C20H30N4OS/c1-20(6-9-21-10-7-20)14-25-17-3-8-22-19-18(17)16(13-23-19)15-4-11-24(26-2)12-5-15/h3,8,13,15,21H,4-7,9-12,14H2,1-2H3,(H,22,23). The fourth-order valence-corrected chi connectivity index (χ4v) is 4.85. The predicted molar refractivity (Wildman–Crippen MR) is 109 cm³/mol. The summed E-state index contributed by atoms with van der Waals surface area (Å²) in [4.78, 5) is 7.92. The van der Waals surface area contributed by atoms with Crippen molar-refractivity contribution in [3.63, 3.8) is 0 Å². The number of fused-ring (bicyclic) bond motifs is 1. The second kappa shape index (κ2) is 7.79. The van der Waals surface area contributed by atoms with Crippen molar-refractivity contribution < 1.29 is 4.74 Å². The highest BCUT2D eigenvalue weighted by atomic mass is 32.2. The third kappa shape index (κ3) is 3.73. The zero-order valence-corrected chi connectivity index (χ0v) is 16.7. The summed E-state index contributed by atoms with van der Waals surface area (Å²) in [5.41, 5.74) is 2.61. The van der Waals surface area contributed by atoms with Gasteiger partial charge in [-0.2, -0.15) is 0 Å². The lowest BCUT2D eigenvalue weighted by Gasteiger charge is -2.34. The van der Waals surface area contributed by atoms with E-state index in [0.717, 1.165) is 44.2 Å². The molecule has 0 aromatic carbocycles. The molecular weight excluding hydrogens is 344 g/mol. The first-order valence-corrected chi connectivity index (χ1v) is 11.0. The van der Waals surface area contributed by atoms with E-state index < -0.39 is 0 Å². The molecule has 6 heteroatoms. The Morgan fingerprint density at radius 2 is 2.08 bits per heavy atom. The molecule has 0 saturated carbocycles. The predicted octanol–water partition coefficient (Wildman–Crippen LogP) is 3.79. The fourth-order valence-electron chi connectivity index (χ4n) is 4.27. The molecule has 2 aromatic heterocycles. The third-order valence-corrected chi connectivity index (χ3v) is 6.99. The lowest BCUT2D eigenvalue weighted by atomic mass is 9.82. The molecule has 2 N–H and O–H groups in total. The molecule has 0 bridgehead atoms. The number of aromatic amines is 1. The van der Waals surface area contributed by atoms with Gasteiger partial charge in [0.05, 0.1) is 12.0 Å². The molecule has 0 spiro atoms. The van der Waals surface area contributed by atoms with Crippen molar-refractivity contribution in [2.45, 2.75) is 38.5 Å². The number of H-pyrrole nitrogens is 1. The maximum atomic E-state index is 6.39. The molecule has 4 heterocycles. The Bertz CT molecular complexity index is 732. The van der Waals surface area contributed by atoms with Crippen LogP contribution in [-0.4, -0.2) is 53.3 Å². The molecule has 2 aliphatic rings. The van der Waals surface area contributed by atoms with E-state index in [9.17, 15) is 0 Å². The number of hydrogen-bond acceptors (Lipinski definition) is 5. The first-order valence-electron chi connectivity index (χ1n) is 9.77. The Balaban J connectivity index is 1.54. The highest BCUT2D eigenvalue weighted by Gasteiger charge is 2.29. The number of pyridine rings is 1. The average molecular weight is 375 g/mol. The number of aromatic nitrogens is 2. The first kappa shape index (κ1) is 18.1. The van der Waals surface area contributed by atoms with Crippen LogP contribution in [0.25, 0.3) is 11.0 Å². The van der Waals surface area contributed by atoms with Crippen molar-refractivity contribution in [3.8, 4) is 5.75 Å². The molecule has 0 aliphatic carbocycles. The van der Waals surface area contributed by atoms with Crippen LogP contribution >= 0.6 is 11.9 Å². The minimum absolute atomic E-state index is 0.265. The van der Waals surface area contributed by atoms with Crippen LogP contribution in [0.5, 0.6) is 5.75 Å². The van der Waals surface area contributed by atoms with Crippen LogP contribution in [0.2, 0.25) is 0 Å². The van der Waals surface area contributed by atoms with Gasteiger partial charge >= 0.3 is 0 Å². The Labute approximate surface area is 160 Å². The molecule has 26 heavy (non-hydrogen) atoms. The minimum atomic E-state index is 0.265. The van der Waals surface area contributed by atoms with E-state index in [1.54, 1.807) is 0 Å². The van der Waals surface area contributed by atoms with Gasteiger partial charge in [-0.15, -0.1) is 0 Å². The van der Waals surface area contributed by atoms with Crippen LogP contribution in [0.15, 0.2) is 18.5 Å². The van der Waals surface area contributed by atoms with E-state index >= 15 is 0 Å². The summed E-state index contributed by atoms with van der Waals surface area (Å²) in [6.45, 7) is 7.62. The molecule has 0 atom stereocenters. The van der Waals surface area contributed by atoms with Crippen LogP contribution in [-0.2, 0) is 0 Å². The summed E-state index contributed by atoms with van der Waals surface area (Å²) >= 11 is 1.86. The van der Waals surface area contributed by atoms with E-state index in [2.05, 4.69) is 39.0 Å². The Morgan fingerprint density at radius 3 is 2.81 bits per heavy atom. The normalized spacial score (nSPS) is 21.9. The number of nitrogens with one attached hydrogen (secondary N) is 2. The topological polar surface area (TPSA) is 53.2 Å². The van der Waals surface area contributed by atoms with Gasteiger partial charge in [0.25, 0.3) is 0 Å². The SMILES string of the molecule is CSN1CCC(c2c[nH]c3nccc(OCC4(C)CCNCC4)c23)CC1. The first-order chi connectivity index (χ1) is 12.7. The van der Waals surface area contributed by atoms with Gasteiger partial charge in [-0.1, -0.05) is 18.9 Å². The van der Waals surface area contributed by atoms with Gasteiger partial charge in [-0.05, 0) is 62.6 Å². The van der Waals surface area contributed by atoms with Crippen molar-refractivity contribution >= 4 is 23.0 Å². The van der Waals surface area contributed by atoms with Crippen LogP contribution < -0.4 is 10.1 Å². The van der Waals surface area contributed by atoms with Gasteiger partial charge in [-0.3, -0.25) is 4.31 Å². The lowest BCUT2D eigenvalue weighted by molar-refractivity contribution is 0.124. The van der Waals surface area contributed by atoms with Crippen molar-refractivity contribution in [2.24, 2.45) is 5.41 Å². The van der Waals surface area contributed by atoms with Gasteiger partial charge in [-0.25, -0.2) is 4.98 Å². The molecule has 5 nitrogen and oxygen atoms in total. The smallest absolute Gasteiger partial charge is 0.141 e. The summed E-state index contributed by atoms with van der Waals surface area (Å²) in [7, 11) is 0. The molecule has 4 rings (SSSR count). The zero-order chi connectivity index (χ0) is 18.0. The van der Waals surface area contributed by atoms with Crippen molar-refractivity contribution in [3.05, 3.63) is 24.0 Å². The number of hydrogen-bond donors (Lipinski definition) is 2. The van der Waals surface area contributed by atoms with E-state index in [1.807, 2.05) is 24.2 Å². The molecule has 2 fully saturated rings. The maximum absolute atomic E-state index is 6.39. The fraction of sp³-hybridized carbons (Fsp3) is 0.650. The van der Waals surface area contributed by atoms with Crippen LogP contribution in [0.4, 0.5) is 0 Å².